The molecule has 6 heteroatoms. The molecule has 0 aliphatic carbocycles. The molecule has 2 rings (SSSR count). The van der Waals surface area contributed by atoms with Crippen molar-refractivity contribution in [1.82, 2.24) is 10.2 Å². The zero-order valence-corrected chi connectivity index (χ0v) is 11.5. The molecule has 0 amide bonds. The van der Waals surface area contributed by atoms with E-state index < -0.39 is 0 Å². The topological polar surface area (TPSA) is 87.6 Å². The number of anilines is 2. The van der Waals surface area contributed by atoms with Gasteiger partial charge in [-0.05, 0) is 37.6 Å². The van der Waals surface area contributed by atoms with Crippen LogP contribution in [0.3, 0.4) is 0 Å². The molecule has 0 radical (unpaired) electrons. The second-order valence-corrected chi connectivity index (χ2v) is 4.34. The lowest BCUT2D eigenvalue weighted by Crippen LogP contribution is -2.24. The highest BCUT2D eigenvalue weighted by Gasteiger charge is 2.16. The number of hydrogen-bond donors (Lipinski definition) is 2. The smallest absolute Gasteiger partial charge is 0.173 e. The second kappa shape index (κ2) is 6.01. The highest BCUT2D eigenvalue weighted by molar-refractivity contribution is 6.01. The molecular weight excluding hydrogens is 254 g/mol. The van der Waals surface area contributed by atoms with Gasteiger partial charge in [-0.1, -0.05) is 17.3 Å². The Labute approximate surface area is 117 Å². The van der Waals surface area contributed by atoms with Crippen molar-refractivity contribution in [1.29, 1.82) is 0 Å². The molecule has 0 unspecified atom stereocenters. The molecular formula is C14H17N5O. The third kappa shape index (κ3) is 2.69. The minimum Gasteiger partial charge on any atom is -0.409 e. The van der Waals surface area contributed by atoms with E-state index in [1.54, 1.807) is 6.07 Å². The van der Waals surface area contributed by atoms with Gasteiger partial charge in [0, 0.05) is 12.2 Å². The van der Waals surface area contributed by atoms with E-state index in [0.717, 1.165) is 11.3 Å². The van der Waals surface area contributed by atoms with E-state index in [0.29, 0.717) is 17.9 Å². The molecule has 0 aliphatic rings. The average molecular weight is 271 g/mol. The van der Waals surface area contributed by atoms with Crippen LogP contribution < -0.4 is 10.6 Å². The van der Waals surface area contributed by atoms with Gasteiger partial charge < -0.3 is 15.8 Å². The van der Waals surface area contributed by atoms with Crippen molar-refractivity contribution in [2.24, 2.45) is 10.9 Å². The van der Waals surface area contributed by atoms with Gasteiger partial charge in [0.05, 0.1) is 11.8 Å². The van der Waals surface area contributed by atoms with E-state index in [1.165, 1.54) is 6.20 Å². The van der Waals surface area contributed by atoms with Gasteiger partial charge in [-0.15, -0.1) is 5.10 Å². The first-order valence-corrected chi connectivity index (χ1v) is 6.31. The lowest BCUT2D eigenvalue weighted by molar-refractivity contribution is 0.318. The zero-order valence-electron chi connectivity index (χ0n) is 11.5. The van der Waals surface area contributed by atoms with E-state index in [4.69, 9.17) is 10.9 Å². The van der Waals surface area contributed by atoms with Crippen molar-refractivity contribution >= 4 is 17.3 Å². The van der Waals surface area contributed by atoms with Crippen LogP contribution in [0.1, 0.15) is 18.1 Å². The molecule has 0 fully saturated rings. The molecule has 1 heterocycles. The number of benzene rings is 1. The van der Waals surface area contributed by atoms with Crippen molar-refractivity contribution < 1.29 is 5.21 Å². The maximum Gasteiger partial charge on any atom is 0.173 e. The van der Waals surface area contributed by atoms with E-state index in [1.807, 2.05) is 43.0 Å². The standard InChI is InChI=1S/C14H17N5O/c1-3-19(11-6-4-5-10(2)9-11)14-12(13(15)18-20)7-8-16-17-14/h4-9,20H,3H2,1-2H3,(H2,15,18). The summed E-state index contributed by atoms with van der Waals surface area (Å²) in [6.45, 7) is 4.72. The lowest BCUT2D eigenvalue weighted by Gasteiger charge is -2.23. The minimum atomic E-state index is 0.0148. The van der Waals surface area contributed by atoms with Gasteiger partial charge in [-0.25, -0.2) is 0 Å². The number of hydrogen-bond acceptors (Lipinski definition) is 5. The van der Waals surface area contributed by atoms with Crippen molar-refractivity contribution in [2.75, 3.05) is 11.4 Å². The highest BCUT2D eigenvalue weighted by atomic mass is 16.4. The van der Waals surface area contributed by atoms with Gasteiger partial charge in [0.1, 0.15) is 0 Å². The van der Waals surface area contributed by atoms with Crippen LogP contribution in [0.2, 0.25) is 0 Å². The van der Waals surface area contributed by atoms with E-state index in [2.05, 4.69) is 15.4 Å². The van der Waals surface area contributed by atoms with Crippen molar-refractivity contribution in [3.8, 4) is 0 Å². The van der Waals surface area contributed by atoms with Gasteiger partial charge >= 0.3 is 0 Å². The molecule has 0 spiro atoms. The van der Waals surface area contributed by atoms with Gasteiger partial charge in [0.15, 0.2) is 11.7 Å². The Kier molecular flexibility index (Phi) is 4.14. The molecule has 1 aromatic heterocycles. The van der Waals surface area contributed by atoms with Crippen LogP contribution in [0.15, 0.2) is 41.7 Å². The van der Waals surface area contributed by atoms with E-state index in [9.17, 15) is 0 Å². The summed E-state index contributed by atoms with van der Waals surface area (Å²) in [6, 6.07) is 9.72. The summed E-state index contributed by atoms with van der Waals surface area (Å²) in [5, 5.41) is 19.9. The maximum absolute atomic E-state index is 8.88. The Balaban J connectivity index is 2.53. The zero-order chi connectivity index (χ0) is 14.5. The summed E-state index contributed by atoms with van der Waals surface area (Å²) in [5.41, 5.74) is 8.38. The molecule has 0 saturated carbocycles. The van der Waals surface area contributed by atoms with Crippen LogP contribution in [0.4, 0.5) is 11.5 Å². The fraction of sp³-hybridized carbons (Fsp3) is 0.214. The molecule has 0 bridgehead atoms. The van der Waals surface area contributed by atoms with Crippen molar-refractivity contribution in [2.45, 2.75) is 13.8 Å². The summed E-state index contributed by atoms with van der Waals surface area (Å²) in [7, 11) is 0. The van der Waals surface area contributed by atoms with Crippen LogP contribution in [0, 0.1) is 6.92 Å². The van der Waals surface area contributed by atoms with Crippen molar-refractivity contribution in [3.63, 3.8) is 0 Å². The molecule has 0 aliphatic heterocycles. The number of aryl methyl sites for hydroxylation is 1. The SMILES string of the molecule is CCN(c1cccc(C)c1)c1nnccc1/C(N)=N/O. The van der Waals surface area contributed by atoms with Gasteiger partial charge in [-0.3, -0.25) is 0 Å². The Morgan fingerprint density at radius 1 is 1.40 bits per heavy atom. The van der Waals surface area contributed by atoms with Crippen LogP contribution in [0.25, 0.3) is 0 Å². The minimum absolute atomic E-state index is 0.0148. The molecule has 1 aromatic carbocycles. The van der Waals surface area contributed by atoms with Crippen LogP contribution in [-0.4, -0.2) is 27.8 Å². The first kappa shape index (κ1) is 13.8. The number of nitrogens with two attached hydrogens (primary N) is 1. The van der Waals surface area contributed by atoms with Gasteiger partial charge in [0.25, 0.3) is 0 Å². The molecule has 0 saturated heterocycles. The maximum atomic E-state index is 8.88. The Bertz CT molecular complexity index is 626. The lowest BCUT2D eigenvalue weighted by atomic mass is 10.2. The molecule has 3 N–H and O–H groups in total. The van der Waals surface area contributed by atoms with Gasteiger partial charge in [0.2, 0.25) is 0 Å². The van der Waals surface area contributed by atoms with E-state index >= 15 is 0 Å². The highest BCUT2D eigenvalue weighted by Crippen LogP contribution is 2.26. The summed E-state index contributed by atoms with van der Waals surface area (Å²) in [6.07, 6.45) is 1.51. The number of rotatable bonds is 4. The Morgan fingerprint density at radius 3 is 2.85 bits per heavy atom. The van der Waals surface area contributed by atoms with Crippen LogP contribution >= 0.6 is 0 Å². The number of oxime groups is 1. The molecule has 0 atom stereocenters. The van der Waals surface area contributed by atoms with Crippen LogP contribution in [-0.2, 0) is 0 Å². The summed E-state index contributed by atoms with van der Waals surface area (Å²) < 4.78 is 0. The van der Waals surface area contributed by atoms with Gasteiger partial charge in [-0.2, -0.15) is 5.10 Å². The Morgan fingerprint density at radius 2 is 2.20 bits per heavy atom. The molecule has 20 heavy (non-hydrogen) atoms. The number of nitrogens with zero attached hydrogens (tertiary/aromatic N) is 4. The molecule has 104 valence electrons. The molecule has 2 aromatic rings. The largest absolute Gasteiger partial charge is 0.409 e. The first-order valence-electron chi connectivity index (χ1n) is 6.31. The summed E-state index contributed by atoms with van der Waals surface area (Å²) in [5.74, 6) is 0.580. The predicted octanol–water partition coefficient (Wildman–Crippen LogP) is 2.04. The van der Waals surface area contributed by atoms with Crippen LogP contribution in [0.5, 0.6) is 0 Å². The van der Waals surface area contributed by atoms with E-state index in [-0.39, 0.29) is 5.84 Å². The van der Waals surface area contributed by atoms with Crippen molar-refractivity contribution in [3.05, 3.63) is 47.7 Å². The normalized spacial score (nSPS) is 11.4. The summed E-state index contributed by atoms with van der Waals surface area (Å²) in [4.78, 5) is 1.97. The fourth-order valence-corrected chi connectivity index (χ4v) is 2.03. The monoisotopic (exact) mass is 271 g/mol. The fourth-order valence-electron chi connectivity index (χ4n) is 2.03. The number of amidine groups is 1. The quantitative estimate of drug-likeness (QED) is 0.384. The third-order valence-electron chi connectivity index (χ3n) is 2.97. The predicted molar refractivity (Wildman–Crippen MR) is 78.4 cm³/mol. The second-order valence-electron chi connectivity index (χ2n) is 4.34. The third-order valence-corrected chi connectivity index (χ3v) is 2.97. The first-order chi connectivity index (χ1) is 9.67. The summed E-state index contributed by atoms with van der Waals surface area (Å²) >= 11 is 0. The Hall–Kier alpha value is -2.63. The average Bonchev–Trinajstić information content (AvgIpc) is 2.48. The molecule has 6 nitrogen and oxygen atoms in total. The number of aromatic nitrogens is 2.